The van der Waals surface area contributed by atoms with E-state index in [9.17, 15) is 14.0 Å². The second-order valence-corrected chi connectivity index (χ2v) is 6.27. The largest absolute Gasteiger partial charge is 0.442 e. The Morgan fingerprint density at radius 2 is 2.16 bits per heavy atom. The van der Waals surface area contributed by atoms with Gasteiger partial charge in [-0.1, -0.05) is 19.9 Å². The maximum Gasteiger partial charge on any atom is 0.265 e. The molecule has 2 heterocycles. The van der Waals surface area contributed by atoms with Gasteiger partial charge in [0.25, 0.3) is 11.5 Å². The van der Waals surface area contributed by atoms with Crippen molar-refractivity contribution in [3.8, 4) is 0 Å². The molecule has 0 radical (unpaired) electrons. The number of fused-ring (bicyclic) bond motifs is 1. The van der Waals surface area contributed by atoms with Crippen molar-refractivity contribution >= 4 is 22.7 Å². The minimum absolute atomic E-state index is 0.117. The van der Waals surface area contributed by atoms with Gasteiger partial charge in [0, 0.05) is 12.2 Å². The summed E-state index contributed by atoms with van der Waals surface area (Å²) in [5, 5.41) is 2.72. The Balaban J connectivity index is 2.07. The number of nitrogens with zero attached hydrogens (tertiary/aromatic N) is 2. The smallest absolute Gasteiger partial charge is 0.265 e. The quantitative estimate of drug-likeness (QED) is 0.788. The van der Waals surface area contributed by atoms with Crippen molar-refractivity contribution in [3.63, 3.8) is 0 Å². The third kappa shape index (κ3) is 3.31. The highest BCUT2D eigenvalue weighted by Gasteiger charge is 2.23. The van der Waals surface area contributed by atoms with Crippen LogP contribution in [0.2, 0.25) is 0 Å². The van der Waals surface area contributed by atoms with Gasteiger partial charge in [-0.3, -0.25) is 14.2 Å². The number of rotatable bonds is 4. The summed E-state index contributed by atoms with van der Waals surface area (Å²) in [5.41, 5.74) is 0.201. The number of hydrogen-bond acceptors (Lipinski definition) is 4. The van der Waals surface area contributed by atoms with E-state index < -0.39 is 11.7 Å². The van der Waals surface area contributed by atoms with Crippen LogP contribution < -0.4 is 10.9 Å². The molecule has 0 unspecified atom stereocenters. The van der Waals surface area contributed by atoms with Gasteiger partial charge in [-0.2, -0.15) is 0 Å². The van der Waals surface area contributed by atoms with Crippen molar-refractivity contribution in [3.05, 3.63) is 58.1 Å². The Morgan fingerprint density at radius 3 is 2.84 bits per heavy atom. The number of aromatic nitrogens is 2. The van der Waals surface area contributed by atoms with Gasteiger partial charge in [0.2, 0.25) is 5.71 Å². The van der Waals surface area contributed by atoms with Crippen molar-refractivity contribution in [2.45, 2.75) is 27.3 Å². The summed E-state index contributed by atoms with van der Waals surface area (Å²) in [5.74, 6) is -0.471. The molecule has 0 aliphatic heterocycles. The number of nitrogens with one attached hydrogen (secondary N) is 1. The van der Waals surface area contributed by atoms with Crippen molar-refractivity contribution in [2.75, 3.05) is 5.32 Å². The van der Waals surface area contributed by atoms with E-state index in [1.807, 2.05) is 13.8 Å². The second kappa shape index (κ2) is 6.51. The Labute approximate surface area is 143 Å². The molecule has 0 aliphatic rings. The molecule has 3 aromatic rings. The molecule has 1 aromatic carbocycles. The van der Waals surface area contributed by atoms with E-state index in [0.717, 1.165) is 0 Å². The van der Waals surface area contributed by atoms with Gasteiger partial charge in [0.15, 0.2) is 0 Å². The Bertz CT molecular complexity index is 1000. The lowest BCUT2D eigenvalue weighted by molar-refractivity contribution is 0.102. The average Bonchev–Trinajstić information content (AvgIpc) is 2.87. The summed E-state index contributed by atoms with van der Waals surface area (Å²) < 4.78 is 20.2. The molecule has 7 heteroatoms. The predicted octanol–water partition coefficient (Wildman–Crippen LogP) is 3.35. The highest BCUT2D eigenvalue weighted by molar-refractivity contribution is 6.12. The molecule has 130 valence electrons. The van der Waals surface area contributed by atoms with Gasteiger partial charge in [0.05, 0.1) is 5.56 Å². The fourth-order valence-corrected chi connectivity index (χ4v) is 2.69. The molecule has 2 aromatic heterocycles. The minimum atomic E-state index is -0.539. The summed E-state index contributed by atoms with van der Waals surface area (Å²) in [6, 6.07) is 5.53. The van der Waals surface area contributed by atoms with Crippen molar-refractivity contribution in [1.29, 1.82) is 0 Å². The van der Waals surface area contributed by atoms with Gasteiger partial charge in [0.1, 0.15) is 23.3 Å². The first-order valence-electron chi connectivity index (χ1n) is 7.92. The molecule has 0 saturated carbocycles. The van der Waals surface area contributed by atoms with Crippen LogP contribution in [0.15, 0.2) is 39.8 Å². The number of hydrogen-bond donors (Lipinski definition) is 1. The molecule has 1 N–H and O–H groups in total. The van der Waals surface area contributed by atoms with Gasteiger partial charge in [-0.25, -0.2) is 9.37 Å². The molecule has 0 atom stereocenters. The van der Waals surface area contributed by atoms with Gasteiger partial charge in [-0.15, -0.1) is 0 Å². The average molecular weight is 343 g/mol. The van der Waals surface area contributed by atoms with Crippen molar-refractivity contribution < 1.29 is 13.6 Å². The molecule has 25 heavy (non-hydrogen) atoms. The lowest BCUT2D eigenvalue weighted by atomic mass is 10.1. The van der Waals surface area contributed by atoms with Crippen LogP contribution in [0.25, 0.3) is 11.1 Å². The summed E-state index contributed by atoms with van der Waals surface area (Å²) in [6.45, 7) is 6.04. The van der Waals surface area contributed by atoms with Crippen LogP contribution in [0.4, 0.5) is 10.1 Å². The lowest BCUT2D eigenvalue weighted by Crippen LogP contribution is -2.24. The van der Waals surface area contributed by atoms with Crippen LogP contribution in [0.3, 0.4) is 0 Å². The van der Waals surface area contributed by atoms with E-state index in [4.69, 9.17) is 4.42 Å². The molecule has 1 amide bonds. The van der Waals surface area contributed by atoms with E-state index in [0.29, 0.717) is 12.2 Å². The predicted molar refractivity (Wildman–Crippen MR) is 92.2 cm³/mol. The van der Waals surface area contributed by atoms with Crippen molar-refractivity contribution in [1.82, 2.24) is 9.55 Å². The van der Waals surface area contributed by atoms with Crippen LogP contribution in [0.5, 0.6) is 0 Å². The molecule has 0 aliphatic carbocycles. The van der Waals surface area contributed by atoms with E-state index in [-0.39, 0.29) is 33.9 Å². The Kier molecular flexibility index (Phi) is 4.39. The molecule has 0 spiro atoms. The van der Waals surface area contributed by atoms with Crippen LogP contribution in [-0.4, -0.2) is 15.5 Å². The zero-order chi connectivity index (χ0) is 18.1. The molecular weight excluding hydrogens is 325 g/mol. The van der Waals surface area contributed by atoms with Crippen LogP contribution >= 0.6 is 0 Å². The number of amides is 1. The minimum Gasteiger partial charge on any atom is -0.442 e. The van der Waals surface area contributed by atoms with E-state index in [2.05, 4.69) is 10.3 Å². The molecule has 6 nitrogen and oxygen atoms in total. The molecule has 0 saturated heterocycles. The number of aryl methyl sites for hydroxylation is 1. The highest BCUT2D eigenvalue weighted by Crippen LogP contribution is 2.22. The van der Waals surface area contributed by atoms with Crippen LogP contribution in [-0.2, 0) is 6.54 Å². The standard InChI is InChI=1S/C18H18FN3O3/c1-10(2)8-22-9-20-17-15(18(22)24)14(11(3)25-17)16(23)21-13-6-4-5-12(19)7-13/h4-7,9-10H,8H2,1-3H3,(H,21,23). The number of carbonyl (C=O) groups excluding carboxylic acids is 1. The van der Waals surface area contributed by atoms with Gasteiger partial charge >= 0.3 is 0 Å². The van der Waals surface area contributed by atoms with E-state index >= 15 is 0 Å². The topological polar surface area (TPSA) is 77.1 Å². The number of halogens is 1. The second-order valence-electron chi connectivity index (χ2n) is 6.27. The molecular formula is C18H18FN3O3. The normalized spacial score (nSPS) is 11.2. The summed E-state index contributed by atoms with van der Waals surface area (Å²) in [7, 11) is 0. The molecule has 3 rings (SSSR count). The fourth-order valence-electron chi connectivity index (χ4n) is 2.69. The number of carbonyl (C=O) groups is 1. The lowest BCUT2D eigenvalue weighted by Gasteiger charge is -2.08. The maximum absolute atomic E-state index is 13.3. The van der Waals surface area contributed by atoms with Gasteiger partial charge < -0.3 is 9.73 Å². The summed E-state index contributed by atoms with van der Waals surface area (Å²) in [4.78, 5) is 29.5. The van der Waals surface area contributed by atoms with Crippen molar-refractivity contribution in [2.24, 2.45) is 5.92 Å². The fraction of sp³-hybridized carbons (Fsp3) is 0.278. The molecule has 0 fully saturated rings. The third-order valence-electron chi connectivity index (χ3n) is 3.73. The van der Waals surface area contributed by atoms with E-state index in [1.165, 1.54) is 29.1 Å². The zero-order valence-corrected chi connectivity index (χ0v) is 14.2. The Hall–Kier alpha value is -2.96. The number of anilines is 1. The maximum atomic E-state index is 13.3. The van der Waals surface area contributed by atoms with Crippen LogP contribution in [0, 0.1) is 18.7 Å². The highest BCUT2D eigenvalue weighted by atomic mass is 19.1. The first-order chi connectivity index (χ1) is 11.9. The molecule has 0 bridgehead atoms. The number of benzene rings is 1. The first-order valence-corrected chi connectivity index (χ1v) is 7.92. The zero-order valence-electron chi connectivity index (χ0n) is 14.2. The monoisotopic (exact) mass is 343 g/mol. The SMILES string of the molecule is Cc1oc2ncn(CC(C)C)c(=O)c2c1C(=O)Nc1cccc(F)c1. The first kappa shape index (κ1) is 16.9. The Morgan fingerprint density at radius 1 is 1.40 bits per heavy atom. The van der Waals surface area contributed by atoms with E-state index in [1.54, 1.807) is 13.0 Å². The van der Waals surface area contributed by atoms with Gasteiger partial charge in [-0.05, 0) is 31.0 Å². The third-order valence-corrected chi connectivity index (χ3v) is 3.73. The summed E-state index contributed by atoms with van der Waals surface area (Å²) in [6.07, 6.45) is 1.42. The van der Waals surface area contributed by atoms with Crippen LogP contribution in [0.1, 0.15) is 30.0 Å². The number of furan rings is 1. The summed E-state index contributed by atoms with van der Waals surface area (Å²) >= 11 is 0.